The Labute approximate surface area is 169 Å². The summed E-state index contributed by atoms with van der Waals surface area (Å²) in [4.78, 5) is 17.2. The summed E-state index contributed by atoms with van der Waals surface area (Å²) < 4.78 is 0. The summed E-state index contributed by atoms with van der Waals surface area (Å²) in [6.45, 7) is 4.07. The van der Waals surface area contributed by atoms with Crippen LogP contribution in [0.25, 0.3) is 22.2 Å². The second-order valence-corrected chi connectivity index (χ2v) is 7.88. The summed E-state index contributed by atoms with van der Waals surface area (Å²) in [6, 6.07) is 24.5. The van der Waals surface area contributed by atoms with Crippen molar-refractivity contribution in [3.63, 3.8) is 0 Å². The molecule has 0 unspecified atom stereocenters. The van der Waals surface area contributed by atoms with Crippen LogP contribution in [-0.2, 0) is 4.79 Å². The van der Waals surface area contributed by atoms with Crippen LogP contribution in [0.15, 0.2) is 77.7 Å². The molecule has 0 aliphatic rings. The zero-order valence-electron chi connectivity index (χ0n) is 16.0. The molecule has 4 aromatic rings. The highest BCUT2D eigenvalue weighted by atomic mass is 32.2. The van der Waals surface area contributed by atoms with E-state index in [4.69, 9.17) is 0 Å². The molecule has 1 heterocycles. The predicted molar refractivity (Wildman–Crippen MR) is 119 cm³/mol. The van der Waals surface area contributed by atoms with Gasteiger partial charge in [-0.25, -0.2) is 0 Å². The first-order valence-electron chi connectivity index (χ1n) is 9.28. The number of rotatable bonds is 5. The highest BCUT2D eigenvalue weighted by Gasteiger charge is 2.15. The van der Waals surface area contributed by atoms with Crippen molar-refractivity contribution in [3.05, 3.63) is 83.9 Å². The molecule has 1 amide bonds. The molecule has 0 saturated carbocycles. The Morgan fingerprint density at radius 1 is 0.964 bits per heavy atom. The molecule has 0 atom stereocenters. The molecule has 3 aromatic carbocycles. The molecule has 0 spiro atoms. The van der Waals surface area contributed by atoms with Crippen LogP contribution in [0.5, 0.6) is 0 Å². The monoisotopic (exact) mass is 386 g/mol. The van der Waals surface area contributed by atoms with Crippen molar-refractivity contribution in [2.45, 2.75) is 18.7 Å². The van der Waals surface area contributed by atoms with Crippen LogP contribution in [-0.4, -0.2) is 16.6 Å². The van der Waals surface area contributed by atoms with Gasteiger partial charge in [0.05, 0.1) is 11.4 Å². The molecular weight excluding hydrogens is 364 g/mol. The number of H-pyrrole nitrogens is 1. The van der Waals surface area contributed by atoms with Crippen LogP contribution in [0.3, 0.4) is 0 Å². The summed E-state index contributed by atoms with van der Waals surface area (Å²) in [5, 5.41) is 4.18. The van der Waals surface area contributed by atoms with Crippen molar-refractivity contribution in [1.82, 2.24) is 4.98 Å². The zero-order chi connectivity index (χ0) is 19.5. The molecule has 4 heteroatoms. The molecular formula is C24H22N2OS. The second kappa shape index (κ2) is 7.95. The van der Waals surface area contributed by atoms with Gasteiger partial charge in [0.25, 0.3) is 0 Å². The van der Waals surface area contributed by atoms with Gasteiger partial charge in [0.2, 0.25) is 5.91 Å². The van der Waals surface area contributed by atoms with Crippen LogP contribution in [0, 0.1) is 13.8 Å². The largest absolute Gasteiger partial charge is 0.354 e. The Hall–Kier alpha value is -2.98. The normalized spacial score (nSPS) is 10.9. The molecule has 1 aromatic heterocycles. The number of amides is 1. The van der Waals surface area contributed by atoms with Gasteiger partial charge in [-0.15, -0.1) is 11.8 Å². The molecule has 140 valence electrons. The molecule has 0 saturated heterocycles. The van der Waals surface area contributed by atoms with E-state index in [1.165, 1.54) is 5.56 Å². The summed E-state index contributed by atoms with van der Waals surface area (Å²) >= 11 is 1.57. The number of thioether (sulfide) groups is 1. The van der Waals surface area contributed by atoms with Crippen molar-refractivity contribution in [2.24, 2.45) is 0 Å². The minimum absolute atomic E-state index is 0.00115. The number of aromatic nitrogens is 1. The summed E-state index contributed by atoms with van der Waals surface area (Å²) in [6.07, 6.45) is 0. The number of hydrogen-bond donors (Lipinski definition) is 2. The summed E-state index contributed by atoms with van der Waals surface area (Å²) in [7, 11) is 0. The number of aromatic amines is 1. The van der Waals surface area contributed by atoms with Gasteiger partial charge in [0, 0.05) is 21.5 Å². The van der Waals surface area contributed by atoms with E-state index < -0.39 is 0 Å². The van der Waals surface area contributed by atoms with Crippen LogP contribution in [0.4, 0.5) is 5.69 Å². The Kier molecular flexibility index (Phi) is 5.22. The molecule has 3 nitrogen and oxygen atoms in total. The maximum atomic E-state index is 12.6. The van der Waals surface area contributed by atoms with Gasteiger partial charge in [-0.1, -0.05) is 66.2 Å². The Balaban J connectivity index is 1.58. The lowest BCUT2D eigenvalue weighted by molar-refractivity contribution is -0.113. The van der Waals surface area contributed by atoms with Gasteiger partial charge >= 0.3 is 0 Å². The van der Waals surface area contributed by atoms with Crippen molar-refractivity contribution in [3.8, 4) is 11.3 Å². The lowest BCUT2D eigenvalue weighted by Crippen LogP contribution is -2.14. The highest BCUT2D eigenvalue weighted by molar-refractivity contribution is 8.00. The van der Waals surface area contributed by atoms with E-state index in [2.05, 4.69) is 47.6 Å². The quantitative estimate of drug-likeness (QED) is 0.402. The molecule has 4 rings (SSSR count). The molecule has 2 N–H and O–H groups in total. The maximum absolute atomic E-state index is 12.6. The number of fused-ring (bicyclic) bond motifs is 1. The average Bonchev–Trinajstić information content (AvgIpc) is 3.08. The fraction of sp³-hybridized carbons (Fsp3) is 0.125. The van der Waals surface area contributed by atoms with Crippen LogP contribution in [0.2, 0.25) is 0 Å². The topological polar surface area (TPSA) is 44.9 Å². The van der Waals surface area contributed by atoms with Crippen molar-refractivity contribution >= 4 is 34.3 Å². The standard InChI is InChI=1S/C24H22N2OS/c1-16-12-13-20(17(2)14-16)25-22(27)15-28-24-19-10-6-7-11-21(19)26-23(24)18-8-4-3-5-9-18/h3-14,26H,15H2,1-2H3,(H,25,27). The number of nitrogens with one attached hydrogen (secondary N) is 2. The Morgan fingerprint density at radius 2 is 1.71 bits per heavy atom. The van der Waals surface area contributed by atoms with Gasteiger partial charge < -0.3 is 10.3 Å². The van der Waals surface area contributed by atoms with Gasteiger partial charge in [-0.2, -0.15) is 0 Å². The van der Waals surface area contributed by atoms with E-state index in [1.807, 2.05) is 49.4 Å². The molecule has 0 aliphatic carbocycles. The minimum Gasteiger partial charge on any atom is -0.354 e. The molecule has 0 bridgehead atoms. The zero-order valence-corrected chi connectivity index (χ0v) is 16.8. The first-order valence-corrected chi connectivity index (χ1v) is 10.3. The van der Waals surface area contributed by atoms with Gasteiger partial charge in [0.15, 0.2) is 0 Å². The third-order valence-electron chi connectivity index (χ3n) is 4.72. The molecule has 28 heavy (non-hydrogen) atoms. The number of aryl methyl sites for hydroxylation is 2. The number of carbonyl (C=O) groups excluding carboxylic acids is 1. The SMILES string of the molecule is Cc1ccc(NC(=O)CSc2c(-c3ccccc3)[nH]c3ccccc23)c(C)c1. The summed E-state index contributed by atoms with van der Waals surface area (Å²) in [5.74, 6) is 0.357. The van der Waals surface area contributed by atoms with Gasteiger partial charge in [-0.05, 0) is 37.1 Å². The predicted octanol–water partition coefficient (Wildman–Crippen LogP) is 6.18. The first-order chi connectivity index (χ1) is 13.6. The Morgan fingerprint density at radius 3 is 2.50 bits per heavy atom. The first kappa shape index (κ1) is 18.4. The lowest BCUT2D eigenvalue weighted by atomic mass is 10.1. The highest BCUT2D eigenvalue weighted by Crippen LogP contribution is 2.37. The van der Waals surface area contributed by atoms with E-state index >= 15 is 0 Å². The Bertz CT molecular complexity index is 1130. The number of para-hydroxylation sites is 1. The third kappa shape index (κ3) is 3.82. The van der Waals surface area contributed by atoms with Crippen molar-refractivity contribution < 1.29 is 4.79 Å². The van der Waals surface area contributed by atoms with Crippen LogP contribution in [0.1, 0.15) is 11.1 Å². The van der Waals surface area contributed by atoms with E-state index in [0.29, 0.717) is 5.75 Å². The minimum atomic E-state index is 0.00115. The van der Waals surface area contributed by atoms with Crippen LogP contribution < -0.4 is 5.32 Å². The smallest absolute Gasteiger partial charge is 0.234 e. The maximum Gasteiger partial charge on any atom is 0.234 e. The van der Waals surface area contributed by atoms with Crippen molar-refractivity contribution in [1.29, 1.82) is 0 Å². The lowest BCUT2D eigenvalue weighted by Gasteiger charge is -2.10. The van der Waals surface area contributed by atoms with E-state index in [0.717, 1.165) is 38.3 Å². The van der Waals surface area contributed by atoms with Gasteiger partial charge in [-0.3, -0.25) is 4.79 Å². The third-order valence-corrected chi connectivity index (χ3v) is 5.84. The second-order valence-electron chi connectivity index (χ2n) is 6.90. The average molecular weight is 387 g/mol. The number of benzene rings is 3. The van der Waals surface area contributed by atoms with Crippen molar-refractivity contribution in [2.75, 3.05) is 11.1 Å². The fourth-order valence-electron chi connectivity index (χ4n) is 3.35. The summed E-state index contributed by atoms with van der Waals surface area (Å²) in [5.41, 5.74) is 6.41. The number of carbonyl (C=O) groups is 1. The van der Waals surface area contributed by atoms with Gasteiger partial charge in [0.1, 0.15) is 0 Å². The molecule has 0 fully saturated rings. The number of hydrogen-bond acceptors (Lipinski definition) is 2. The molecule has 0 radical (unpaired) electrons. The van der Waals surface area contributed by atoms with E-state index in [-0.39, 0.29) is 5.91 Å². The van der Waals surface area contributed by atoms with E-state index in [1.54, 1.807) is 11.8 Å². The van der Waals surface area contributed by atoms with Crippen LogP contribution >= 0.6 is 11.8 Å². The number of anilines is 1. The molecule has 0 aliphatic heterocycles. The fourth-order valence-corrected chi connectivity index (χ4v) is 4.35. The van der Waals surface area contributed by atoms with E-state index in [9.17, 15) is 4.79 Å².